The molecule has 136 valence electrons. The summed E-state index contributed by atoms with van der Waals surface area (Å²) in [6, 6.07) is 12.2. The molecule has 4 heteroatoms. The zero-order valence-electron chi connectivity index (χ0n) is 15.2. The van der Waals surface area contributed by atoms with E-state index in [2.05, 4.69) is 28.9 Å². The van der Waals surface area contributed by atoms with Gasteiger partial charge >= 0.3 is 0 Å². The highest BCUT2D eigenvalue weighted by Crippen LogP contribution is 2.50. The summed E-state index contributed by atoms with van der Waals surface area (Å²) in [5, 5.41) is 0.747. The van der Waals surface area contributed by atoms with Crippen molar-refractivity contribution in [2.45, 2.75) is 51.0 Å². The second kappa shape index (κ2) is 7.40. The van der Waals surface area contributed by atoms with Gasteiger partial charge in [-0.3, -0.25) is 9.78 Å². The second-order valence-corrected chi connectivity index (χ2v) is 7.93. The Balaban J connectivity index is 1.55. The first-order chi connectivity index (χ1) is 12.7. The predicted octanol–water partition coefficient (Wildman–Crippen LogP) is 5.15. The average Bonchev–Trinajstić information content (AvgIpc) is 3.46. The van der Waals surface area contributed by atoms with Crippen LogP contribution < -0.4 is 0 Å². The van der Waals surface area contributed by atoms with Crippen LogP contribution in [0.2, 0.25) is 5.02 Å². The highest BCUT2D eigenvalue weighted by atomic mass is 35.5. The lowest BCUT2D eigenvalue weighted by Gasteiger charge is -2.35. The van der Waals surface area contributed by atoms with E-state index < -0.39 is 0 Å². The Morgan fingerprint density at radius 1 is 1.31 bits per heavy atom. The van der Waals surface area contributed by atoms with Gasteiger partial charge < -0.3 is 4.90 Å². The van der Waals surface area contributed by atoms with Crippen LogP contribution in [0.3, 0.4) is 0 Å². The molecule has 1 saturated carbocycles. The Morgan fingerprint density at radius 3 is 3.00 bits per heavy atom. The Kier molecular flexibility index (Phi) is 4.99. The average molecular weight is 369 g/mol. The molecule has 1 heterocycles. The van der Waals surface area contributed by atoms with Gasteiger partial charge in [0, 0.05) is 23.7 Å². The van der Waals surface area contributed by atoms with Gasteiger partial charge in [0.1, 0.15) is 0 Å². The number of nitrogens with zero attached hydrogens (tertiary/aromatic N) is 2. The largest absolute Gasteiger partial charge is 0.334 e. The molecule has 0 saturated heterocycles. The second-order valence-electron chi connectivity index (χ2n) is 7.49. The molecular formula is C22H25ClN2O. The smallest absolute Gasteiger partial charge is 0.226 e. The van der Waals surface area contributed by atoms with Crippen molar-refractivity contribution in [2.24, 2.45) is 5.92 Å². The van der Waals surface area contributed by atoms with Crippen LogP contribution in [0.4, 0.5) is 0 Å². The normalized spacial score (nSPS) is 24.0. The van der Waals surface area contributed by atoms with E-state index in [1.54, 1.807) is 0 Å². The van der Waals surface area contributed by atoms with Gasteiger partial charge in [0.15, 0.2) is 0 Å². The fraction of sp³-hybridized carbons (Fsp3) is 0.455. The minimum atomic E-state index is 0.0918. The SMILES string of the molecule is CCCN(C(=O)[C@@H]1C[C@@H]1c1cccc(Cl)c1)[C@H]1CCCc2cccnc21. The van der Waals surface area contributed by atoms with Crippen LogP contribution in [0.15, 0.2) is 42.6 Å². The molecule has 1 aromatic heterocycles. The fourth-order valence-electron chi connectivity index (χ4n) is 4.34. The molecule has 0 spiro atoms. The zero-order valence-corrected chi connectivity index (χ0v) is 16.0. The Hall–Kier alpha value is -1.87. The molecule has 1 fully saturated rings. The molecule has 3 nitrogen and oxygen atoms in total. The Labute approximate surface area is 160 Å². The lowest BCUT2D eigenvalue weighted by molar-refractivity contribution is -0.135. The molecule has 1 aromatic carbocycles. The molecule has 2 aliphatic carbocycles. The maximum atomic E-state index is 13.3. The molecule has 2 aliphatic rings. The third-order valence-corrected chi connectivity index (χ3v) is 5.91. The number of hydrogen-bond acceptors (Lipinski definition) is 2. The maximum absolute atomic E-state index is 13.3. The minimum absolute atomic E-state index is 0.0918. The third kappa shape index (κ3) is 3.37. The number of fused-ring (bicyclic) bond motifs is 1. The molecular weight excluding hydrogens is 344 g/mol. The summed E-state index contributed by atoms with van der Waals surface area (Å²) >= 11 is 6.13. The molecule has 0 aliphatic heterocycles. The quantitative estimate of drug-likeness (QED) is 0.730. The van der Waals surface area contributed by atoms with E-state index in [1.807, 2.05) is 30.5 Å². The van der Waals surface area contributed by atoms with Gasteiger partial charge in [0.05, 0.1) is 11.7 Å². The molecule has 4 rings (SSSR count). The molecule has 0 radical (unpaired) electrons. The van der Waals surface area contributed by atoms with Crippen LogP contribution in [0.25, 0.3) is 0 Å². The van der Waals surface area contributed by atoms with E-state index >= 15 is 0 Å². The number of pyridine rings is 1. The summed E-state index contributed by atoms with van der Waals surface area (Å²) in [5.74, 6) is 0.696. The summed E-state index contributed by atoms with van der Waals surface area (Å²) < 4.78 is 0. The molecule has 1 amide bonds. The summed E-state index contributed by atoms with van der Waals surface area (Å²) in [7, 11) is 0. The summed E-state index contributed by atoms with van der Waals surface area (Å²) in [4.78, 5) is 20.1. The van der Waals surface area contributed by atoms with Gasteiger partial charge in [-0.2, -0.15) is 0 Å². The maximum Gasteiger partial charge on any atom is 0.226 e. The number of halogens is 1. The van der Waals surface area contributed by atoms with Crippen LogP contribution in [0.5, 0.6) is 0 Å². The van der Waals surface area contributed by atoms with Gasteiger partial charge in [-0.25, -0.2) is 0 Å². The van der Waals surface area contributed by atoms with Gasteiger partial charge in [-0.05, 0) is 67.3 Å². The van der Waals surface area contributed by atoms with Crippen molar-refractivity contribution in [3.8, 4) is 0 Å². The highest BCUT2D eigenvalue weighted by Gasteiger charge is 2.47. The Bertz CT molecular complexity index is 806. The van der Waals surface area contributed by atoms with Crippen molar-refractivity contribution >= 4 is 17.5 Å². The van der Waals surface area contributed by atoms with E-state index in [0.29, 0.717) is 11.8 Å². The van der Waals surface area contributed by atoms with Crippen molar-refractivity contribution in [3.63, 3.8) is 0 Å². The van der Waals surface area contributed by atoms with Crippen LogP contribution in [0.1, 0.15) is 61.4 Å². The van der Waals surface area contributed by atoms with E-state index in [-0.39, 0.29) is 12.0 Å². The van der Waals surface area contributed by atoms with Crippen LogP contribution in [-0.4, -0.2) is 22.3 Å². The standard InChI is InChI=1S/C22H25ClN2O/c1-2-12-25(20-10-4-6-15-8-5-11-24-21(15)20)22(26)19-14-18(19)16-7-3-9-17(23)13-16/h3,5,7-9,11,13,18-20H,2,4,6,10,12,14H2,1H3/t18-,19-,20+/m1/s1. The highest BCUT2D eigenvalue weighted by molar-refractivity contribution is 6.30. The molecule has 2 aromatic rings. The summed E-state index contributed by atoms with van der Waals surface area (Å²) in [6.07, 6.45) is 6.98. The molecule has 26 heavy (non-hydrogen) atoms. The van der Waals surface area contributed by atoms with Crippen LogP contribution >= 0.6 is 11.6 Å². The first-order valence-corrected chi connectivity index (χ1v) is 10.1. The number of benzene rings is 1. The van der Waals surface area contributed by atoms with Crippen LogP contribution in [-0.2, 0) is 11.2 Å². The van der Waals surface area contributed by atoms with Crippen molar-refractivity contribution < 1.29 is 4.79 Å². The van der Waals surface area contributed by atoms with E-state index in [0.717, 1.165) is 49.4 Å². The summed E-state index contributed by atoms with van der Waals surface area (Å²) in [6.45, 7) is 2.95. The molecule has 3 atom stereocenters. The van der Waals surface area contributed by atoms with E-state index in [4.69, 9.17) is 11.6 Å². The van der Waals surface area contributed by atoms with Gasteiger partial charge in [-0.1, -0.05) is 36.7 Å². The Morgan fingerprint density at radius 2 is 2.19 bits per heavy atom. The number of aromatic nitrogens is 1. The number of carbonyl (C=O) groups excluding carboxylic acids is 1. The minimum Gasteiger partial charge on any atom is -0.334 e. The monoisotopic (exact) mass is 368 g/mol. The van der Waals surface area contributed by atoms with Gasteiger partial charge in [0.25, 0.3) is 0 Å². The first kappa shape index (κ1) is 17.5. The number of hydrogen-bond donors (Lipinski definition) is 0. The van der Waals surface area contributed by atoms with E-state index in [9.17, 15) is 4.79 Å². The third-order valence-electron chi connectivity index (χ3n) is 5.67. The van der Waals surface area contributed by atoms with Crippen molar-refractivity contribution in [3.05, 3.63) is 64.4 Å². The number of carbonyl (C=O) groups is 1. The van der Waals surface area contributed by atoms with Gasteiger partial charge in [0.2, 0.25) is 5.91 Å². The van der Waals surface area contributed by atoms with Crippen molar-refractivity contribution in [1.29, 1.82) is 0 Å². The van der Waals surface area contributed by atoms with Gasteiger partial charge in [-0.15, -0.1) is 0 Å². The number of aryl methyl sites for hydroxylation is 1. The lowest BCUT2D eigenvalue weighted by Crippen LogP contribution is -2.39. The first-order valence-electron chi connectivity index (χ1n) is 9.68. The number of amides is 1. The number of rotatable bonds is 5. The zero-order chi connectivity index (χ0) is 18.1. The van der Waals surface area contributed by atoms with Crippen LogP contribution in [0, 0.1) is 5.92 Å². The molecule has 0 unspecified atom stereocenters. The molecule has 0 bridgehead atoms. The van der Waals surface area contributed by atoms with E-state index in [1.165, 1.54) is 11.1 Å². The van der Waals surface area contributed by atoms with Crippen molar-refractivity contribution in [2.75, 3.05) is 6.54 Å². The van der Waals surface area contributed by atoms with Crippen molar-refractivity contribution in [1.82, 2.24) is 9.88 Å². The predicted molar refractivity (Wildman–Crippen MR) is 104 cm³/mol. The lowest BCUT2D eigenvalue weighted by atomic mass is 9.90. The topological polar surface area (TPSA) is 33.2 Å². The summed E-state index contributed by atoms with van der Waals surface area (Å²) in [5.41, 5.74) is 3.61. The fourth-order valence-corrected chi connectivity index (χ4v) is 4.53. The molecule has 0 N–H and O–H groups in total.